The third kappa shape index (κ3) is 4.33. The molecule has 27 heavy (non-hydrogen) atoms. The number of rotatable bonds is 5. The Bertz CT molecular complexity index is 757. The van der Waals surface area contributed by atoms with Crippen molar-refractivity contribution in [3.8, 4) is 0 Å². The number of aliphatic hydroxyl groups is 1. The van der Waals surface area contributed by atoms with E-state index in [1.807, 2.05) is 24.3 Å². The third-order valence-electron chi connectivity index (χ3n) is 5.50. The molecule has 2 aliphatic heterocycles. The van der Waals surface area contributed by atoms with Crippen LogP contribution >= 0.6 is 0 Å². The van der Waals surface area contributed by atoms with E-state index in [4.69, 9.17) is 0 Å². The normalized spacial score (nSPS) is 23.7. The minimum Gasteiger partial charge on any atom is -0.387 e. The SMILES string of the molecule is O=C(c1ccc(Cn2cnnn2)cc1)N1CCC[C@](O)(CN2CCCC2)C1. The van der Waals surface area contributed by atoms with Crippen LogP contribution < -0.4 is 0 Å². The molecule has 1 amide bonds. The van der Waals surface area contributed by atoms with Crippen molar-refractivity contribution < 1.29 is 9.90 Å². The summed E-state index contributed by atoms with van der Waals surface area (Å²) in [5, 5.41) is 22.1. The summed E-state index contributed by atoms with van der Waals surface area (Å²) in [6.07, 6.45) is 5.57. The molecule has 1 atom stereocenters. The van der Waals surface area contributed by atoms with Crippen LogP contribution in [0.15, 0.2) is 30.6 Å². The summed E-state index contributed by atoms with van der Waals surface area (Å²) < 4.78 is 1.64. The van der Waals surface area contributed by atoms with Crippen LogP contribution in [0.1, 0.15) is 41.6 Å². The quantitative estimate of drug-likeness (QED) is 0.837. The van der Waals surface area contributed by atoms with Crippen molar-refractivity contribution >= 4 is 5.91 Å². The maximum Gasteiger partial charge on any atom is 0.253 e. The zero-order valence-electron chi connectivity index (χ0n) is 15.5. The van der Waals surface area contributed by atoms with Crippen molar-refractivity contribution in [3.05, 3.63) is 41.7 Å². The number of aromatic nitrogens is 4. The van der Waals surface area contributed by atoms with Crippen molar-refractivity contribution in [3.63, 3.8) is 0 Å². The molecule has 8 nitrogen and oxygen atoms in total. The smallest absolute Gasteiger partial charge is 0.253 e. The van der Waals surface area contributed by atoms with Crippen LogP contribution in [-0.2, 0) is 6.54 Å². The highest BCUT2D eigenvalue weighted by Gasteiger charge is 2.37. The predicted molar refractivity (Wildman–Crippen MR) is 99.1 cm³/mol. The molecule has 0 saturated carbocycles. The molecule has 2 fully saturated rings. The fourth-order valence-corrected chi connectivity index (χ4v) is 4.15. The summed E-state index contributed by atoms with van der Waals surface area (Å²) in [4.78, 5) is 17.0. The van der Waals surface area contributed by atoms with Crippen LogP contribution in [0.5, 0.6) is 0 Å². The van der Waals surface area contributed by atoms with Crippen LogP contribution in [0.2, 0.25) is 0 Å². The van der Waals surface area contributed by atoms with E-state index in [0.717, 1.165) is 31.5 Å². The first-order chi connectivity index (χ1) is 13.1. The van der Waals surface area contributed by atoms with E-state index in [-0.39, 0.29) is 5.91 Å². The fourth-order valence-electron chi connectivity index (χ4n) is 4.15. The molecular formula is C19H26N6O2. The highest BCUT2D eigenvalue weighted by Crippen LogP contribution is 2.25. The molecule has 144 valence electrons. The van der Waals surface area contributed by atoms with Gasteiger partial charge in [-0.1, -0.05) is 12.1 Å². The lowest BCUT2D eigenvalue weighted by molar-refractivity contribution is -0.0431. The van der Waals surface area contributed by atoms with E-state index in [1.54, 1.807) is 15.9 Å². The van der Waals surface area contributed by atoms with Gasteiger partial charge in [-0.2, -0.15) is 0 Å². The standard InChI is InChI=1S/C19H26N6O2/c26-18(17-6-4-16(5-7-17)12-25-15-20-21-22-25)24-11-3-8-19(27,14-24)13-23-9-1-2-10-23/h4-7,15,27H,1-3,8-14H2/t19-/m0/s1. The Hall–Kier alpha value is -2.32. The Morgan fingerprint density at radius 3 is 2.59 bits per heavy atom. The molecule has 8 heteroatoms. The van der Waals surface area contributed by atoms with E-state index in [0.29, 0.717) is 31.7 Å². The molecular weight excluding hydrogens is 344 g/mol. The number of likely N-dealkylation sites (tertiary alicyclic amines) is 2. The van der Waals surface area contributed by atoms with Gasteiger partial charge < -0.3 is 14.9 Å². The lowest BCUT2D eigenvalue weighted by Gasteiger charge is -2.41. The first kappa shape index (κ1) is 18.1. The van der Waals surface area contributed by atoms with E-state index in [9.17, 15) is 9.90 Å². The van der Waals surface area contributed by atoms with Crippen LogP contribution in [0, 0.1) is 0 Å². The summed E-state index contributed by atoms with van der Waals surface area (Å²) in [6, 6.07) is 7.54. The number of piperidine rings is 1. The number of benzene rings is 1. The third-order valence-corrected chi connectivity index (χ3v) is 5.50. The van der Waals surface area contributed by atoms with Crippen molar-refractivity contribution in [1.29, 1.82) is 0 Å². The topological polar surface area (TPSA) is 87.4 Å². The number of nitrogens with zero attached hydrogens (tertiary/aromatic N) is 6. The van der Waals surface area contributed by atoms with Crippen molar-refractivity contribution in [2.45, 2.75) is 37.8 Å². The van der Waals surface area contributed by atoms with Gasteiger partial charge >= 0.3 is 0 Å². The van der Waals surface area contributed by atoms with Crippen LogP contribution in [-0.4, -0.2) is 79.3 Å². The Morgan fingerprint density at radius 1 is 1.11 bits per heavy atom. The van der Waals surface area contributed by atoms with E-state index < -0.39 is 5.60 Å². The lowest BCUT2D eigenvalue weighted by Crippen LogP contribution is -2.55. The van der Waals surface area contributed by atoms with Gasteiger partial charge in [0.2, 0.25) is 0 Å². The minimum absolute atomic E-state index is 0.0106. The molecule has 2 saturated heterocycles. The first-order valence-corrected chi connectivity index (χ1v) is 9.65. The molecule has 1 aromatic heterocycles. The van der Waals surface area contributed by atoms with Gasteiger partial charge in [0.1, 0.15) is 6.33 Å². The molecule has 0 unspecified atom stereocenters. The molecule has 0 aliphatic carbocycles. The lowest BCUT2D eigenvalue weighted by atomic mass is 9.91. The number of β-amino-alcohol motifs (C(OH)–C–C–N with tert-alkyl or cyclic N) is 1. The van der Waals surface area contributed by atoms with Crippen LogP contribution in [0.3, 0.4) is 0 Å². The zero-order valence-corrected chi connectivity index (χ0v) is 15.5. The van der Waals surface area contributed by atoms with Crippen molar-refractivity contribution in [2.75, 3.05) is 32.7 Å². The summed E-state index contributed by atoms with van der Waals surface area (Å²) >= 11 is 0. The Kier molecular flexibility index (Phi) is 5.18. The monoisotopic (exact) mass is 370 g/mol. The summed E-state index contributed by atoms with van der Waals surface area (Å²) in [5.74, 6) is -0.0106. The van der Waals surface area contributed by atoms with E-state index in [2.05, 4.69) is 20.4 Å². The van der Waals surface area contributed by atoms with Crippen LogP contribution in [0.4, 0.5) is 0 Å². The molecule has 0 spiro atoms. The average molecular weight is 370 g/mol. The van der Waals surface area contributed by atoms with Crippen molar-refractivity contribution in [1.82, 2.24) is 30.0 Å². The number of hydrogen-bond donors (Lipinski definition) is 1. The molecule has 3 heterocycles. The number of carbonyl (C=O) groups is 1. The Morgan fingerprint density at radius 2 is 1.89 bits per heavy atom. The predicted octanol–water partition coefficient (Wildman–Crippen LogP) is 0.784. The summed E-state index contributed by atoms with van der Waals surface area (Å²) in [7, 11) is 0. The summed E-state index contributed by atoms with van der Waals surface area (Å²) in [6.45, 7) is 4.46. The molecule has 1 aromatic carbocycles. The van der Waals surface area contributed by atoms with Gasteiger partial charge in [-0.3, -0.25) is 4.79 Å². The highest BCUT2D eigenvalue weighted by atomic mass is 16.3. The fraction of sp³-hybridized carbons (Fsp3) is 0.579. The highest BCUT2D eigenvalue weighted by molar-refractivity contribution is 5.94. The van der Waals surface area contributed by atoms with Gasteiger partial charge in [0.05, 0.1) is 18.7 Å². The first-order valence-electron chi connectivity index (χ1n) is 9.65. The second kappa shape index (κ2) is 7.74. The molecule has 0 radical (unpaired) electrons. The van der Waals surface area contributed by atoms with Crippen LogP contribution in [0.25, 0.3) is 0 Å². The second-order valence-corrected chi connectivity index (χ2v) is 7.74. The average Bonchev–Trinajstić information content (AvgIpc) is 3.36. The molecule has 0 bridgehead atoms. The number of carbonyl (C=O) groups excluding carboxylic acids is 1. The van der Waals surface area contributed by atoms with Gasteiger partial charge in [-0.05, 0) is 66.9 Å². The zero-order chi connectivity index (χ0) is 18.7. The summed E-state index contributed by atoms with van der Waals surface area (Å²) in [5.41, 5.74) is 0.891. The molecule has 1 N–H and O–H groups in total. The van der Waals surface area contributed by atoms with Gasteiger partial charge in [0.25, 0.3) is 5.91 Å². The number of tetrazole rings is 1. The maximum atomic E-state index is 12.9. The molecule has 2 aromatic rings. The van der Waals surface area contributed by atoms with E-state index >= 15 is 0 Å². The Labute approximate surface area is 158 Å². The van der Waals surface area contributed by atoms with Gasteiger partial charge in [-0.25, -0.2) is 4.68 Å². The van der Waals surface area contributed by atoms with E-state index in [1.165, 1.54) is 12.8 Å². The number of amides is 1. The maximum absolute atomic E-state index is 12.9. The second-order valence-electron chi connectivity index (χ2n) is 7.74. The van der Waals surface area contributed by atoms with Crippen molar-refractivity contribution in [2.24, 2.45) is 0 Å². The number of hydrogen-bond acceptors (Lipinski definition) is 6. The largest absolute Gasteiger partial charge is 0.387 e. The Balaban J connectivity index is 1.39. The molecule has 4 rings (SSSR count). The van der Waals surface area contributed by atoms with Gasteiger partial charge in [0, 0.05) is 18.7 Å². The van der Waals surface area contributed by atoms with Gasteiger partial charge in [0.15, 0.2) is 0 Å². The molecule has 2 aliphatic rings. The minimum atomic E-state index is -0.793. The van der Waals surface area contributed by atoms with Gasteiger partial charge in [-0.15, -0.1) is 5.10 Å².